The molecule has 2 heterocycles. The molecule has 1 aliphatic rings. The number of H-pyrrole nitrogens is 1. The van der Waals surface area contributed by atoms with Crippen LogP contribution in [0.1, 0.15) is 11.3 Å². The van der Waals surface area contributed by atoms with Crippen molar-refractivity contribution in [3.63, 3.8) is 0 Å². The molecule has 2 aromatic rings. The Morgan fingerprint density at radius 1 is 1.35 bits per heavy atom. The van der Waals surface area contributed by atoms with E-state index in [-0.39, 0.29) is 5.69 Å². The first-order valence-corrected chi connectivity index (χ1v) is 7.27. The Morgan fingerprint density at radius 3 is 2.95 bits per heavy atom. The van der Waals surface area contributed by atoms with Crippen LogP contribution in [0.5, 0.6) is 0 Å². The Hall–Kier alpha value is -1.66. The number of nitrogens with zero attached hydrogens (tertiary/aromatic N) is 2. The summed E-state index contributed by atoms with van der Waals surface area (Å²) in [5, 5.41) is 3.32. The van der Waals surface area contributed by atoms with E-state index in [1.165, 1.54) is 0 Å². The van der Waals surface area contributed by atoms with E-state index >= 15 is 0 Å². The molecule has 1 aromatic carbocycles. The van der Waals surface area contributed by atoms with Crippen molar-refractivity contribution < 1.29 is 0 Å². The van der Waals surface area contributed by atoms with E-state index < -0.39 is 0 Å². The SMILES string of the molecule is CN(c1ccccc1Br)c1nc(=O)[nH]c2c1CNCC2. The maximum absolute atomic E-state index is 11.8. The van der Waals surface area contributed by atoms with Gasteiger partial charge in [-0.2, -0.15) is 4.98 Å². The molecule has 0 amide bonds. The van der Waals surface area contributed by atoms with Crippen molar-refractivity contribution in [1.29, 1.82) is 0 Å². The molecular formula is C14H15BrN4O. The molecule has 1 aromatic heterocycles. The molecule has 0 atom stereocenters. The zero-order valence-electron chi connectivity index (χ0n) is 11.1. The van der Waals surface area contributed by atoms with Crippen LogP contribution in [0.4, 0.5) is 11.5 Å². The second kappa shape index (κ2) is 5.38. The van der Waals surface area contributed by atoms with Crippen molar-refractivity contribution >= 4 is 27.4 Å². The second-order valence-corrected chi connectivity index (χ2v) is 5.61. The normalized spacial score (nSPS) is 13.9. The Labute approximate surface area is 125 Å². The van der Waals surface area contributed by atoms with Crippen molar-refractivity contribution in [2.45, 2.75) is 13.0 Å². The van der Waals surface area contributed by atoms with Crippen LogP contribution in [0.2, 0.25) is 0 Å². The lowest BCUT2D eigenvalue weighted by molar-refractivity contribution is 0.622. The van der Waals surface area contributed by atoms with Crippen LogP contribution >= 0.6 is 15.9 Å². The molecule has 0 saturated heterocycles. The number of aromatic nitrogens is 2. The number of rotatable bonds is 2. The van der Waals surface area contributed by atoms with Gasteiger partial charge in [-0.05, 0) is 28.1 Å². The van der Waals surface area contributed by atoms with Gasteiger partial charge in [-0.3, -0.25) is 0 Å². The average molecular weight is 335 g/mol. The molecule has 5 nitrogen and oxygen atoms in total. The van der Waals surface area contributed by atoms with Crippen molar-refractivity contribution in [1.82, 2.24) is 15.3 Å². The van der Waals surface area contributed by atoms with Crippen LogP contribution in [0.3, 0.4) is 0 Å². The molecule has 2 N–H and O–H groups in total. The fourth-order valence-electron chi connectivity index (χ4n) is 2.47. The highest BCUT2D eigenvalue weighted by atomic mass is 79.9. The van der Waals surface area contributed by atoms with Gasteiger partial charge in [0, 0.05) is 42.3 Å². The van der Waals surface area contributed by atoms with E-state index in [4.69, 9.17) is 0 Å². The van der Waals surface area contributed by atoms with Crippen molar-refractivity contribution in [2.75, 3.05) is 18.5 Å². The predicted octanol–water partition coefficient (Wildman–Crippen LogP) is 1.95. The van der Waals surface area contributed by atoms with Crippen LogP contribution in [0.15, 0.2) is 33.5 Å². The molecule has 0 bridgehead atoms. The van der Waals surface area contributed by atoms with E-state index in [1.807, 2.05) is 36.2 Å². The zero-order chi connectivity index (χ0) is 14.1. The van der Waals surface area contributed by atoms with E-state index in [0.29, 0.717) is 5.82 Å². The lowest BCUT2D eigenvalue weighted by Gasteiger charge is -2.25. The van der Waals surface area contributed by atoms with Crippen LogP contribution in [0, 0.1) is 0 Å². The maximum atomic E-state index is 11.8. The quantitative estimate of drug-likeness (QED) is 0.881. The second-order valence-electron chi connectivity index (χ2n) is 4.76. The summed E-state index contributed by atoms with van der Waals surface area (Å²) in [6.45, 7) is 1.61. The third-order valence-corrected chi connectivity index (χ3v) is 4.16. The van der Waals surface area contributed by atoms with Gasteiger partial charge in [-0.15, -0.1) is 0 Å². The molecule has 104 valence electrons. The lowest BCUT2D eigenvalue weighted by Crippen LogP contribution is -2.31. The fraction of sp³-hybridized carbons (Fsp3) is 0.286. The first-order chi connectivity index (χ1) is 9.66. The standard InChI is InChI=1S/C14H15BrN4O/c1-19(12-5-3-2-4-10(12)15)13-9-8-16-7-6-11(9)17-14(20)18-13/h2-5,16H,6-8H2,1H3,(H,17,18,20). The number of hydrogen-bond donors (Lipinski definition) is 2. The number of nitrogens with one attached hydrogen (secondary N) is 2. The molecule has 0 saturated carbocycles. The molecule has 1 aliphatic heterocycles. The topological polar surface area (TPSA) is 61.0 Å². The lowest BCUT2D eigenvalue weighted by atomic mass is 10.1. The average Bonchev–Trinajstić information content (AvgIpc) is 2.46. The molecular weight excluding hydrogens is 320 g/mol. The van der Waals surface area contributed by atoms with Crippen molar-refractivity contribution in [2.24, 2.45) is 0 Å². The number of benzene rings is 1. The van der Waals surface area contributed by atoms with E-state index in [0.717, 1.165) is 40.9 Å². The molecule has 6 heteroatoms. The maximum Gasteiger partial charge on any atom is 0.347 e. The number of fused-ring (bicyclic) bond motifs is 1. The number of para-hydroxylation sites is 1. The van der Waals surface area contributed by atoms with Gasteiger partial charge in [0.25, 0.3) is 0 Å². The first kappa shape index (κ1) is 13.3. The van der Waals surface area contributed by atoms with Crippen LogP contribution < -0.4 is 15.9 Å². The number of aromatic amines is 1. The van der Waals surface area contributed by atoms with Gasteiger partial charge in [-0.25, -0.2) is 4.79 Å². The molecule has 0 aliphatic carbocycles. The van der Waals surface area contributed by atoms with Gasteiger partial charge in [0.05, 0.1) is 5.69 Å². The summed E-state index contributed by atoms with van der Waals surface area (Å²) in [6, 6.07) is 7.90. The summed E-state index contributed by atoms with van der Waals surface area (Å²) >= 11 is 3.54. The molecule has 20 heavy (non-hydrogen) atoms. The van der Waals surface area contributed by atoms with Crippen LogP contribution in [-0.2, 0) is 13.0 Å². The third kappa shape index (κ3) is 2.36. The summed E-state index contributed by atoms with van der Waals surface area (Å²) in [5.74, 6) is 0.711. The Balaban J connectivity index is 2.12. The summed E-state index contributed by atoms with van der Waals surface area (Å²) in [5.41, 5.74) is 2.74. The van der Waals surface area contributed by atoms with Gasteiger partial charge in [0.2, 0.25) is 0 Å². The Morgan fingerprint density at radius 2 is 2.15 bits per heavy atom. The number of halogens is 1. The Kier molecular flexibility index (Phi) is 3.58. The monoisotopic (exact) mass is 334 g/mol. The largest absolute Gasteiger partial charge is 0.347 e. The highest BCUT2D eigenvalue weighted by molar-refractivity contribution is 9.10. The minimum atomic E-state index is -0.292. The van der Waals surface area contributed by atoms with Crippen LogP contribution in [0.25, 0.3) is 0 Å². The van der Waals surface area contributed by atoms with Crippen LogP contribution in [-0.4, -0.2) is 23.6 Å². The van der Waals surface area contributed by atoms with Crippen molar-refractivity contribution in [3.8, 4) is 0 Å². The Bertz CT molecular complexity index is 698. The smallest absolute Gasteiger partial charge is 0.328 e. The van der Waals surface area contributed by atoms with Gasteiger partial charge >= 0.3 is 5.69 Å². The van der Waals surface area contributed by atoms with E-state index in [9.17, 15) is 4.79 Å². The van der Waals surface area contributed by atoms with Gasteiger partial charge in [0.15, 0.2) is 0 Å². The molecule has 3 rings (SSSR count). The van der Waals surface area contributed by atoms with Gasteiger partial charge in [-0.1, -0.05) is 12.1 Å². The number of hydrogen-bond acceptors (Lipinski definition) is 4. The third-order valence-electron chi connectivity index (χ3n) is 3.48. The van der Waals surface area contributed by atoms with Crippen molar-refractivity contribution in [3.05, 3.63) is 50.5 Å². The highest BCUT2D eigenvalue weighted by Crippen LogP contribution is 2.31. The molecule has 0 fully saturated rings. The summed E-state index contributed by atoms with van der Waals surface area (Å²) < 4.78 is 0.974. The van der Waals surface area contributed by atoms with Gasteiger partial charge in [0.1, 0.15) is 5.82 Å². The zero-order valence-corrected chi connectivity index (χ0v) is 12.7. The van der Waals surface area contributed by atoms with Gasteiger partial charge < -0.3 is 15.2 Å². The summed E-state index contributed by atoms with van der Waals surface area (Å²) in [4.78, 5) is 20.7. The minimum Gasteiger partial charge on any atom is -0.328 e. The molecule has 0 unspecified atom stereocenters. The summed E-state index contributed by atoms with van der Waals surface area (Å²) in [6.07, 6.45) is 0.823. The number of anilines is 2. The minimum absolute atomic E-state index is 0.292. The summed E-state index contributed by atoms with van der Waals surface area (Å²) in [7, 11) is 1.93. The van der Waals surface area contributed by atoms with E-state index in [1.54, 1.807) is 0 Å². The molecule has 0 spiro atoms. The predicted molar refractivity (Wildman–Crippen MR) is 82.5 cm³/mol. The van der Waals surface area contributed by atoms with E-state index in [2.05, 4.69) is 31.2 Å². The highest BCUT2D eigenvalue weighted by Gasteiger charge is 2.20. The first-order valence-electron chi connectivity index (χ1n) is 6.48. The molecule has 0 radical (unpaired) electrons. The fourth-order valence-corrected chi connectivity index (χ4v) is 3.02.